The number of benzene rings is 2. The maximum Gasteiger partial charge on any atom is 0.253 e. The normalized spacial score (nSPS) is 18.2. The van der Waals surface area contributed by atoms with Crippen LogP contribution in [0.25, 0.3) is 0 Å². The predicted molar refractivity (Wildman–Crippen MR) is 94.7 cm³/mol. The van der Waals surface area contributed by atoms with Crippen LogP contribution in [0.5, 0.6) is 5.75 Å². The number of nitrogens with one attached hydrogen (secondary N) is 2. The molecule has 6 nitrogen and oxygen atoms in total. The number of amides is 2. The van der Waals surface area contributed by atoms with Crippen molar-refractivity contribution in [1.82, 2.24) is 4.90 Å². The second-order valence-electron chi connectivity index (χ2n) is 6.55. The minimum Gasteiger partial charge on any atom is -0.508 e. The van der Waals surface area contributed by atoms with E-state index in [1.165, 1.54) is 12.1 Å². The van der Waals surface area contributed by atoms with E-state index in [1.807, 2.05) is 24.3 Å². The molecular formula is C19H19N3O3. The average Bonchev–Trinajstić information content (AvgIpc) is 2.63. The molecule has 0 atom stereocenters. The van der Waals surface area contributed by atoms with Gasteiger partial charge in [0, 0.05) is 18.7 Å². The van der Waals surface area contributed by atoms with E-state index in [0.717, 1.165) is 11.4 Å². The van der Waals surface area contributed by atoms with Crippen LogP contribution in [0.15, 0.2) is 48.5 Å². The fourth-order valence-electron chi connectivity index (χ4n) is 3.52. The molecule has 2 heterocycles. The minimum absolute atomic E-state index is 0.0457. The second-order valence-corrected chi connectivity index (χ2v) is 6.55. The summed E-state index contributed by atoms with van der Waals surface area (Å²) in [7, 11) is 0. The van der Waals surface area contributed by atoms with Gasteiger partial charge in [-0.1, -0.05) is 18.2 Å². The van der Waals surface area contributed by atoms with Gasteiger partial charge < -0.3 is 20.6 Å². The van der Waals surface area contributed by atoms with Crippen LogP contribution in [0.3, 0.4) is 0 Å². The highest BCUT2D eigenvalue weighted by Gasteiger charge is 2.45. The first-order valence-electron chi connectivity index (χ1n) is 8.34. The number of rotatable bonds is 1. The van der Waals surface area contributed by atoms with Gasteiger partial charge in [-0.3, -0.25) is 9.59 Å². The number of anilines is 2. The first-order valence-corrected chi connectivity index (χ1v) is 8.34. The van der Waals surface area contributed by atoms with E-state index in [2.05, 4.69) is 10.6 Å². The number of carbonyl (C=O) groups is 2. The number of hydrogen-bond donors (Lipinski definition) is 3. The molecule has 1 spiro atoms. The van der Waals surface area contributed by atoms with Crippen molar-refractivity contribution in [3.63, 3.8) is 0 Å². The van der Waals surface area contributed by atoms with Crippen molar-refractivity contribution in [3.8, 4) is 5.75 Å². The molecule has 4 rings (SSSR count). The van der Waals surface area contributed by atoms with Crippen molar-refractivity contribution in [2.75, 3.05) is 23.7 Å². The molecule has 2 aromatic rings. The van der Waals surface area contributed by atoms with Crippen LogP contribution < -0.4 is 10.6 Å². The van der Waals surface area contributed by atoms with Crippen molar-refractivity contribution in [2.24, 2.45) is 0 Å². The van der Waals surface area contributed by atoms with E-state index in [1.54, 1.807) is 17.0 Å². The average molecular weight is 337 g/mol. The molecule has 1 saturated heterocycles. The molecule has 1 fully saturated rings. The van der Waals surface area contributed by atoms with E-state index < -0.39 is 5.54 Å². The first kappa shape index (κ1) is 15.5. The maximum atomic E-state index is 12.6. The molecule has 0 aliphatic carbocycles. The van der Waals surface area contributed by atoms with Gasteiger partial charge in [-0.25, -0.2) is 0 Å². The van der Waals surface area contributed by atoms with Crippen LogP contribution >= 0.6 is 0 Å². The number of phenols is 1. The van der Waals surface area contributed by atoms with Crippen LogP contribution in [0, 0.1) is 0 Å². The zero-order valence-electron chi connectivity index (χ0n) is 13.7. The standard InChI is InChI=1S/C19H19N3O3/c23-14-5-3-4-13(12-14)17(24)22-10-8-19(9-11-22)18(25)20-15-6-1-2-7-16(15)21-19/h1-7,12,21,23H,8-11H2,(H,20,25). The highest BCUT2D eigenvalue weighted by atomic mass is 16.3. The number of para-hydroxylation sites is 2. The molecule has 0 unspecified atom stereocenters. The highest BCUT2D eigenvalue weighted by molar-refractivity contribution is 6.06. The monoisotopic (exact) mass is 337 g/mol. The number of fused-ring (bicyclic) bond motifs is 1. The minimum atomic E-state index is -0.677. The molecule has 0 bridgehead atoms. The van der Waals surface area contributed by atoms with Gasteiger partial charge in [0.05, 0.1) is 11.4 Å². The molecule has 6 heteroatoms. The number of nitrogens with zero attached hydrogens (tertiary/aromatic N) is 1. The summed E-state index contributed by atoms with van der Waals surface area (Å²) in [5, 5.41) is 15.9. The lowest BCUT2D eigenvalue weighted by molar-refractivity contribution is -0.122. The Kier molecular flexibility index (Phi) is 3.60. The largest absolute Gasteiger partial charge is 0.508 e. The molecule has 2 aromatic carbocycles. The molecular weight excluding hydrogens is 318 g/mol. The number of piperidine rings is 1. The Morgan fingerprint density at radius 2 is 1.76 bits per heavy atom. The lowest BCUT2D eigenvalue weighted by atomic mass is 9.84. The van der Waals surface area contributed by atoms with Gasteiger partial charge in [0.25, 0.3) is 5.91 Å². The molecule has 0 radical (unpaired) electrons. The van der Waals surface area contributed by atoms with Crippen molar-refractivity contribution in [1.29, 1.82) is 0 Å². The Hall–Kier alpha value is -3.02. The molecule has 25 heavy (non-hydrogen) atoms. The summed E-state index contributed by atoms with van der Waals surface area (Å²) >= 11 is 0. The van der Waals surface area contributed by atoms with Gasteiger partial charge in [-0.15, -0.1) is 0 Å². The fraction of sp³-hybridized carbons (Fsp3) is 0.263. The number of likely N-dealkylation sites (tertiary alicyclic amines) is 1. The van der Waals surface area contributed by atoms with Crippen molar-refractivity contribution < 1.29 is 14.7 Å². The van der Waals surface area contributed by atoms with Crippen molar-refractivity contribution in [3.05, 3.63) is 54.1 Å². The van der Waals surface area contributed by atoms with Gasteiger partial charge in [0.1, 0.15) is 11.3 Å². The second kappa shape index (κ2) is 5.81. The summed E-state index contributed by atoms with van der Waals surface area (Å²) < 4.78 is 0. The summed E-state index contributed by atoms with van der Waals surface area (Å²) in [4.78, 5) is 26.9. The van der Waals surface area contributed by atoms with E-state index in [-0.39, 0.29) is 17.6 Å². The summed E-state index contributed by atoms with van der Waals surface area (Å²) in [6, 6.07) is 14.0. The highest BCUT2D eigenvalue weighted by Crippen LogP contribution is 2.36. The first-order chi connectivity index (χ1) is 12.1. The molecule has 2 aliphatic rings. The summed E-state index contributed by atoms with van der Waals surface area (Å²) in [5.41, 5.74) is 1.48. The van der Waals surface area contributed by atoms with Crippen LogP contribution in [-0.4, -0.2) is 40.4 Å². The van der Waals surface area contributed by atoms with Gasteiger partial charge in [-0.05, 0) is 43.2 Å². The lowest BCUT2D eigenvalue weighted by Crippen LogP contribution is -2.59. The third kappa shape index (κ3) is 2.69. The van der Waals surface area contributed by atoms with Crippen LogP contribution in [-0.2, 0) is 4.79 Å². The third-order valence-electron chi connectivity index (χ3n) is 4.98. The Labute approximate surface area is 145 Å². The van der Waals surface area contributed by atoms with Crippen molar-refractivity contribution >= 4 is 23.2 Å². The Bertz CT molecular complexity index is 841. The maximum absolute atomic E-state index is 12.6. The zero-order valence-corrected chi connectivity index (χ0v) is 13.7. The topological polar surface area (TPSA) is 81.7 Å². The van der Waals surface area contributed by atoms with Gasteiger partial charge >= 0.3 is 0 Å². The molecule has 0 saturated carbocycles. The Balaban J connectivity index is 1.50. The predicted octanol–water partition coefficient (Wildman–Crippen LogP) is 2.43. The molecule has 2 aliphatic heterocycles. The van der Waals surface area contributed by atoms with E-state index in [4.69, 9.17) is 0 Å². The summed E-state index contributed by atoms with van der Waals surface area (Å²) in [5.74, 6) is -0.0951. The summed E-state index contributed by atoms with van der Waals surface area (Å²) in [6.07, 6.45) is 1.08. The summed E-state index contributed by atoms with van der Waals surface area (Å²) in [6.45, 7) is 0.966. The van der Waals surface area contributed by atoms with Crippen LogP contribution in [0.2, 0.25) is 0 Å². The van der Waals surface area contributed by atoms with E-state index in [9.17, 15) is 14.7 Å². The number of hydrogen-bond acceptors (Lipinski definition) is 4. The molecule has 0 aromatic heterocycles. The molecule has 2 amide bonds. The van der Waals surface area contributed by atoms with Crippen LogP contribution in [0.1, 0.15) is 23.2 Å². The Morgan fingerprint density at radius 1 is 1.04 bits per heavy atom. The van der Waals surface area contributed by atoms with Crippen LogP contribution in [0.4, 0.5) is 11.4 Å². The number of phenolic OH excluding ortho intramolecular Hbond substituents is 1. The zero-order chi connectivity index (χ0) is 17.4. The van der Waals surface area contributed by atoms with Gasteiger partial charge in [0.2, 0.25) is 5.91 Å². The Morgan fingerprint density at radius 3 is 2.48 bits per heavy atom. The number of carbonyl (C=O) groups excluding carboxylic acids is 2. The lowest BCUT2D eigenvalue weighted by Gasteiger charge is -2.44. The smallest absolute Gasteiger partial charge is 0.253 e. The fourth-order valence-corrected chi connectivity index (χ4v) is 3.52. The van der Waals surface area contributed by atoms with Gasteiger partial charge in [0.15, 0.2) is 0 Å². The SMILES string of the molecule is O=C(c1cccc(O)c1)N1CCC2(CC1)Nc1ccccc1NC2=O. The number of aromatic hydroxyl groups is 1. The molecule has 128 valence electrons. The van der Waals surface area contributed by atoms with E-state index >= 15 is 0 Å². The molecule has 3 N–H and O–H groups in total. The van der Waals surface area contributed by atoms with Crippen molar-refractivity contribution in [2.45, 2.75) is 18.4 Å². The quantitative estimate of drug-likeness (QED) is 0.746. The van der Waals surface area contributed by atoms with E-state index in [0.29, 0.717) is 31.5 Å². The third-order valence-corrected chi connectivity index (χ3v) is 4.98. The van der Waals surface area contributed by atoms with Gasteiger partial charge in [-0.2, -0.15) is 0 Å².